The predicted octanol–water partition coefficient (Wildman–Crippen LogP) is -4.69. The molecule has 0 saturated carbocycles. The first-order valence-corrected chi connectivity index (χ1v) is 2.67. The molecule has 5 heteroatoms. The average Bonchev–Trinajstić information content (AvgIpc) is 1.90. The van der Waals surface area contributed by atoms with Crippen LogP contribution in [-0.4, -0.2) is 0 Å². The number of rotatable bonds is 1. The minimum atomic E-state index is 0. The maximum absolute atomic E-state index is 5.35. The minimum absolute atomic E-state index is 0. The molecule has 0 aliphatic heterocycles. The van der Waals surface area contributed by atoms with Gasteiger partial charge in [0.15, 0.2) is 0 Å². The van der Waals surface area contributed by atoms with Crippen molar-refractivity contribution < 1.29 is 45.9 Å². The van der Waals surface area contributed by atoms with E-state index in [2.05, 4.69) is 0 Å². The van der Waals surface area contributed by atoms with E-state index >= 15 is 0 Å². The molecule has 0 aliphatic carbocycles. The van der Waals surface area contributed by atoms with E-state index in [0.717, 1.165) is 0 Å². The normalized spacial score (nSPS) is 6.08. The second-order valence-corrected chi connectivity index (χ2v) is 1.69. The van der Waals surface area contributed by atoms with E-state index in [1.807, 2.05) is 30.3 Å². The van der Waals surface area contributed by atoms with Gasteiger partial charge in [-0.3, -0.25) is 0 Å². The molecule has 0 bridgehead atoms. The van der Waals surface area contributed by atoms with Gasteiger partial charge in [0.2, 0.25) is 0 Å². The predicted molar refractivity (Wildman–Crippen MR) is 39.4 cm³/mol. The topological polar surface area (TPSA) is 61.0 Å². The Balaban J connectivity index is -0.0000000800. The Morgan fingerprint density at radius 3 is 1.67 bits per heavy atom. The fraction of sp³-hybridized carbons (Fsp3) is 0.143. The molecular weight excluding hydrogens is 378 g/mol. The van der Waals surface area contributed by atoms with Gasteiger partial charge in [0.25, 0.3) is 0 Å². The summed E-state index contributed by atoms with van der Waals surface area (Å²) in [5.74, 6) is 0. The molecule has 0 unspecified atom stereocenters. The van der Waals surface area contributed by atoms with Crippen LogP contribution in [0.25, 0.3) is 0 Å². The van der Waals surface area contributed by atoms with E-state index in [1.54, 1.807) is 0 Å². The van der Waals surface area contributed by atoms with Crippen LogP contribution in [-0.2, 0) is 27.6 Å². The van der Waals surface area contributed by atoms with Crippen molar-refractivity contribution in [3.63, 3.8) is 0 Å². The standard InChI is InChI=1S/C7H9N.2ClH.H3N.Pt/c8-6-7-4-2-1-3-5-7;;;;/h1-5H,6,8H2;2*1H;1H3;/q;;;;+2/p-2. The van der Waals surface area contributed by atoms with Gasteiger partial charge < -0.3 is 36.7 Å². The summed E-state index contributed by atoms with van der Waals surface area (Å²) in [6, 6.07) is 9.99. The van der Waals surface area contributed by atoms with Crippen LogP contribution in [0.5, 0.6) is 0 Å². The number of nitrogens with two attached hydrogens (primary N) is 1. The Morgan fingerprint density at radius 1 is 1.00 bits per heavy atom. The third kappa shape index (κ3) is 8.50. The first-order chi connectivity index (χ1) is 3.93. The molecule has 0 radical (unpaired) electrons. The van der Waals surface area contributed by atoms with Gasteiger partial charge in [-0.05, 0) is 5.56 Å². The third-order valence-corrected chi connectivity index (χ3v) is 1.08. The molecule has 0 aromatic heterocycles. The molecule has 0 saturated heterocycles. The maximum Gasteiger partial charge on any atom is 2.00 e. The van der Waals surface area contributed by atoms with Gasteiger partial charge in [-0.1, -0.05) is 30.3 Å². The first kappa shape index (κ1) is 22.8. The summed E-state index contributed by atoms with van der Waals surface area (Å²) >= 11 is 0. The van der Waals surface area contributed by atoms with Crippen LogP contribution >= 0.6 is 0 Å². The molecule has 1 aromatic rings. The van der Waals surface area contributed by atoms with E-state index in [1.165, 1.54) is 5.56 Å². The van der Waals surface area contributed by atoms with Crippen molar-refractivity contribution in [3.8, 4) is 0 Å². The Bertz CT molecular complexity index is 161. The fourth-order valence-corrected chi connectivity index (χ4v) is 0.614. The van der Waals surface area contributed by atoms with Crippen LogP contribution in [0.2, 0.25) is 0 Å². The summed E-state index contributed by atoms with van der Waals surface area (Å²) in [7, 11) is 0. The average molecular weight is 390 g/mol. The van der Waals surface area contributed by atoms with Gasteiger partial charge in [-0.25, -0.2) is 0 Å². The number of benzene rings is 1. The van der Waals surface area contributed by atoms with Crippen molar-refractivity contribution in [3.05, 3.63) is 35.9 Å². The first-order valence-electron chi connectivity index (χ1n) is 2.67. The van der Waals surface area contributed by atoms with Crippen molar-refractivity contribution >= 4 is 0 Å². The van der Waals surface area contributed by atoms with Crippen molar-refractivity contribution in [2.75, 3.05) is 0 Å². The van der Waals surface area contributed by atoms with Crippen LogP contribution in [0.1, 0.15) is 5.56 Å². The summed E-state index contributed by atoms with van der Waals surface area (Å²) in [5.41, 5.74) is 6.54. The fourth-order valence-electron chi connectivity index (χ4n) is 0.614. The molecule has 0 fully saturated rings. The van der Waals surface area contributed by atoms with Gasteiger partial charge >= 0.3 is 21.1 Å². The molecule has 0 atom stereocenters. The monoisotopic (exact) mass is 389 g/mol. The Labute approximate surface area is 100.0 Å². The molecule has 0 heterocycles. The van der Waals surface area contributed by atoms with Crippen LogP contribution in [0.3, 0.4) is 0 Å². The summed E-state index contributed by atoms with van der Waals surface area (Å²) < 4.78 is 0. The Kier molecular flexibility index (Phi) is 26.6. The third-order valence-electron chi connectivity index (χ3n) is 1.08. The number of hydrogen-bond acceptors (Lipinski definition) is 2. The Hall–Kier alpha value is 0.408. The second kappa shape index (κ2) is 14.0. The van der Waals surface area contributed by atoms with Gasteiger partial charge in [0.1, 0.15) is 0 Å². The molecule has 2 nitrogen and oxygen atoms in total. The van der Waals surface area contributed by atoms with E-state index in [-0.39, 0.29) is 52.0 Å². The number of hydrogen-bond donors (Lipinski definition) is 2. The van der Waals surface area contributed by atoms with Crippen molar-refractivity contribution in [2.45, 2.75) is 6.54 Å². The smallest absolute Gasteiger partial charge is 1.00 e. The molecule has 0 amide bonds. The van der Waals surface area contributed by atoms with Crippen molar-refractivity contribution in [1.82, 2.24) is 6.15 Å². The summed E-state index contributed by atoms with van der Waals surface area (Å²) in [6.45, 7) is 0.640. The van der Waals surface area contributed by atoms with Crippen LogP contribution < -0.4 is 36.7 Å². The Morgan fingerprint density at radius 2 is 1.42 bits per heavy atom. The molecule has 0 spiro atoms. The zero-order valence-electron chi connectivity index (χ0n) is 6.45. The molecule has 1 aromatic carbocycles. The van der Waals surface area contributed by atoms with Gasteiger partial charge in [-0.2, -0.15) is 0 Å². The SMILES string of the molecule is N.NCc1ccccc1.[Cl-].[Cl-].[Pt+2]. The van der Waals surface area contributed by atoms with Gasteiger partial charge in [0, 0.05) is 6.54 Å². The summed E-state index contributed by atoms with van der Waals surface area (Å²) in [4.78, 5) is 0. The zero-order chi connectivity index (χ0) is 5.82. The van der Waals surface area contributed by atoms with E-state index in [9.17, 15) is 0 Å². The van der Waals surface area contributed by atoms with Crippen molar-refractivity contribution in [2.24, 2.45) is 5.73 Å². The van der Waals surface area contributed by atoms with Crippen molar-refractivity contribution in [1.29, 1.82) is 0 Å². The summed E-state index contributed by atoms with van der Waals surface area (Å²) in [5, 5.41) is 0. The molecule has 1 rings (SSSR count). The quantitative estimate of drug-likeness (QED) is 0.507. The zero-order valence-corrected chi connectivity index (χ0v) is 10.2. The van der Waals surface area contributed by atoms with E-state index < -0.39 is 0 Å². The largest absolute Gasteiger partial charge is 2.00 e. The van der Waals surface area contributed by atoms with E-state index in [4.69, 9.17) is 5.73 Å². The van der Waals surface area contributed by atoms with Crippen LogP contribution in [0.15, 0.2) is 30.3 Å². The number of halogens is 2. The molecule has 0 aliphatic rings. The van der Waals surface area contributed by atoms with E-state index in [0.29, 0.717) is 6.54 Å². The maximum atomic E-state index is 5.35. The van der Waals surface area contributed by atoms with Gasteiger partial charge in [0.05, 0.1) is 0 Å². The molecule has 12 heavy (non-hydrogen) atoms. The summed E-state index contributed by atoms with van der Waals surface area (Å²) in [6.07, 6.45) is 0. The molecule has 74 valence electrons. The minimum Gasteiger partial charge on any atom is -1.00 e. The van der Waals surface area contributed by atoms with Crippen LogP contribution in [0, 0.1) is 0 Å². The second-order valence-electron chi connectivity index (χ2n) is 1.69. The molecular formula is C7H12Cl2N2Pt. The molecule has 5 N–H and O–H groups in total. The van der Waals surface area contributed by atoms with Crippen LogP contribution in [0.4, 0.5) is 0 Å². The van der Waals surface area contributed by atoms with Gasteiger partial charge in [-0.15, -0.1) is 0 Å².